The minimum atomic E-state index is -0.402. The SMILES string of the molecule is CCOc1cc(/C=C(/C#N)c2cccc(F)c2)cc(Br)c1O. The van der Waals surface area contributed by atoms with E-state index in [1.165, 1.54) is 12.1 Å². The first kappa shape index (κ1) is 16.1. The lowest BCUT2D eigenvalue weighted by atomic mass is 10.0. The van der Waals surface area contributed by atoms with Crippen LogP contribution in [0.2, 0.25) is 0 Å². The summed E-state index contributed by atoms with van der Waals surface area (Å²) in [5.41, 5.74) is 1.47. The van der Waals surface area contributed by atoms with Crippen LogP contribution in [0.3, 0.4) is 0 Å². The third-order valence-electron chi connectivity index (χ3n) is 2.92. The van der Waals surface area contributed by atoms with E-state index < -0.39 is 5.82 Å². The number of phenols is 1. The lowest BCUT2D eigenvalue weighted by Gasteiger charge is -2.09. The molecule has 0 aliphatic heterocycles. The summed E-state index contributed by atoms with van der Waals surface area (Å²) < 4.78 is 19.1. The van der Waals surface area contributed by atoms with Crippen LogP contribution in [0.4, 0.5) is 4.39 Å². The van der Waals surface area contributed by atoms with Gasteiger partial charge in [0.15, 0.2) is 11.5 Å². The maximum atomic E-state index is 13.3. The fraction of sp³-hybridized carbons (Fsp3) is 0.118. The molecule has 0 atom stereocenters. The van der Waals surface area contributed by atoms with Crippen LogP contribution in [0.25, 0.3) is 11.6 Å². The Hall–Kier alpha value is -2.32. The van der Waals surface area contributed by atoms with Gasteiger partial charge in [0, 0.05) is 0 Å². The minimum absolute atomic E-state index is 0.00302. The zero-order chi connectivity index (χ0) is 16.1. The summed E-state index contributed by atoms with van der Waals surface area (Å²) in [6, 6.07) is 11.2. The Morgan fingerprint density at radius 3 is 2.82 bits per heavy atom. The molecule has 0 bridgehead atoms. The molecule has 0 spiro atoms. The Balaban J connectivity index is 2.48. The number of hydrogen-bond donors (Lipinski definition) is 1. The number of halogens is 2. The molecule has 0 aromatic heterocycles. The van der Waals surface area contributed by atoms with Crippen molar-refractivity contribution in [2.45, 2.75) is 6.92 Å². The van der Waals surface area contributed by atoms with Crippen molar-refractivity contribution >= 4 is 27.6 Å². The summed E-state index contributed by atoms with van der Waals surface area (Å²) >= 11 is 3.24. The standard InChI is InChI=1S/C17H13BrFNO2/c1-2-22-16-8-11(7-15(18)17(16)21)6-13(10-20)12-4-3-5-14(19)9-12/h3-9,21H,2H2,1H3/b13-6-. The van der Waals surface area contributed by atoms with Gasteiger partial charge in [0.25, 0.3) is 0 Å². The highest BCUT2D eigenvalue weighted by Gasteiger charge is 2.10. The normalized spacial score (nSPS) is 11.1. The van der Waals surface area contributed by atoms with Gasteiger partial charge in [-0.1, -0.05) is 12.1 Å². The Labute approximate surface area is 136 Å². The van der Waals surface area contributed by atoms with Crippen molar-refractivity contribution in [3.63, 3.8) is 0 Å². The zero-order valence-corrected chi connectivity index (χ0v) is 13.4. The van der Waals surface area contributed by atoms with Gasteiger partial charge in [0.05, 0.1) is 22.7 Å². The predicted molar refractivity (Wildman–Crippen MR) is 86.9 cm³/mol. The van der Waals surface area contributed by atoms with Crippen molar-refractivity contribution in [3.8, 4) is 17.6 Å². The Bertz CT molecular complexity index is 766. The maximum absolute atomic E-state index is 13.3. The molecule has 0 aliphatic carbocycles. The van der Waals surface area contributed by atoms with Crippen LogP contribution in [0.15, 0.2) is 40.9 Å². The van der Waals surface area contributed by atoms with Gasteiger partial charge in [0.1, 0.15) is 5.82 Å². The summed E-state index contributed by atoms with van der Waals surface area (Å²) in [4.78, 5) is 0. The molecular weight excluding hydrogens is 349 g/mol. The Morgan fingerprint density at radius 2 is 2.18 bits per heavy atom. The summed E-state index contributed by atoms with van der Waals surface area (Å²) in [6.07, 6.45) is 1.61. The van der Waals surface area contributed by atoms with E-state index in [0.717, 1.165) is 0 Å². The second kappa shape index (κ2) is 7.10. The van der Waals surface area contributed by atoms with E-state index >= 15 is 0 Å². The van der Waals surface area contributed by atoms with Gasteiger partial charge in [-0.05, 0) is 64.3 Å². The highest BCUT2D eigenvalue weighted by atomic mass is 79.9. The molecule has 0 saturated heterocycles. The van der Waals surface area contributed by atoms with Crippen LogP contribution in [-0.4, -0.2) is 11.7 Å². The molecule has 0 saturated carbocycles. The first-order chi connectivity index (χ1) is 10.5. The molecule has 0 amide bonds. The van der Waals surface area contributed by atoms with Gasteiger partial charge in [-0.25, -0.2) is 4.39 Å². The van der Waals surface area contributed by atoms with E-state index in [4.69, 9.17) is 4.74 Å². The third kappa shape index (κ3) is 3.66. The van der Waals surface area contributed by atoms with E-state index in [-0.39, 0.29) is 5.75 Å². The first-order valence-electron chi connectivity index (χ1n) is 6.58. The lowest BCUT2D eigenvalue weighted by Crippen LogP contribution is -1.93. The molecule has 1 N–H and O–H groups in total. The van der Waals surface area contributed by atoms with Crippen LogP contribution in [0, 0.1) is 17.1 Å². The average molecular weight is 362 g/mol. The molecule has 22 heavy (non-hydrogen) atoms. The Kier molecular flexibility index (Phi) is 5.18. The quantitative estimate of drug-likeness (QED) is 0.631. The molecular formula is C17H13BrFNO2. The molecule has 112 valence electrons. The van der Waals surface area contributed by atoms with Gasteiger partial charge in [-0.3, -0.25) is 0 Å². The number of benzene rings is 2. The molecule has 2 rings (SSSR count). The van der Waals surface area contributed by atoms with Gasteiger partial charge >= 0.3 is 0 Å². The molecule has 0 unspecified atom stereocenters. The topological polar surface area (TPSA) is 53.2 Å². The smallest absolute Gasteiger partial charge is 0.172 e. The maximum Gasteiger partial charge on any atom is 0.172 e. The van der Waals surface area contributed by atoms with Crippen LogP contribution in [-0.2, 0) is 0 Å². The van der Waals surface area contributed by atoms with Crippen LogP contribution >= 0.6 is 15.9 Å². The van der Waals surface area contributed by atoms with Gasteiger partial charge < -0.3 is 9.84 Å². The van der Waals surface area contributed by atoms with E-state index in [2.05, 4.69) is 22.0 Å². The van der Waals surface area contributed by atoms with Crippen molar-refractivity contribution in [3.05, 3.63) is 57.8 Å². The minimum Gasteiger partial charge on any atom is -0.503 e. The van der Waals surface area contributed by atoms with Crippen molar-refractivity contribution in [2.24, 2.45) is 0 Å². The predicted octanol–water partition coefficient (Wildman–Crippen LogP) is 4.76. The van der Waals surface area contributed by atoms with Crippen LogP contribution in [0.5, 0.6) is 11.5 Å². The van der Waals surface area contributed by atoms with Crippen molar-refractivity contribution in [1.82, 2.24) is 0 Å². The third-order valence-corrected chi connectivity index (χ3v) is 3.52. The van der Waals surface area contributed by atoms with E-state index in [0.29, 0.717) is 33.5 Å². The first-order valence-corrected chi connectivity index (χ1v) is 7.37. The summed E-state index contributed by atoms with van der Waals surface area (Å²) in [7, 11) is 0. The fourth-order valence-electron chi connectivity index (χ4n) is 1.95. The number of hydrogen-bond acceptors (Lipinski definition) is 3. The van der Waals surface area contributed by atoms with Crippen molar-refractivity contribution < 1.29 is 14.2 Å². The molecule has 3 nitrogen and oxygen atoms in total. The van der Waals surface area contributed by atoms with Gasteiger partial charge in [-0.2, -0.15) is 5.26 Å². The van der Waals surface area contributed by atoms with Gasteiger partial charge in [0.2, 0.25) is 0 Å². The molecule has 5 heteroatoms. The molecule has 0 fully saturated rings. The van der Waals surface area contributed by atoms with Crippen LogP contribution in [0.1, 0.15) is 18.1 Å². The number of phenolic OH excluding ortho intramolecular Hbond substituents is 1. The summed E-state index contributed by atoms with van der Waals surface area (Å²) in [6.45, 7) is 2.21. The molecule has 0 radical (unpaired) electrons. The van der Waals surface area contributed by atoms with E-state index in [9.17, 15) is 14.8 Å². The summed E-state index contributed by atoms with van der Waals surface area (Å²) in [5.74, 6) is -0.0801. The van der Waals surface area contributed by atoms with Gasteiger partial charge in [-0.15, -0.1) is 0 Å². The second-order valence-electron chi connectivity index (χ2n) is 4.46. The number of aromatic hydroxyl groups is 1. The summed E-state index contributed by atoms with van der Waals surface area (Å²) in [5, 5.41) is 19.2. The molecule has 0 heterocycles. The average Bonchev–Trinajstić information content (AvgIpc) is 2.50. The fourth-order valence-corrected chi connectivity index (χ4v) is 2.41. The molecule has 2 aromatic rings. The van der Waals surface area contributed by atoms with Crippen molar-refractivity contribution in [2.75, 3.05) is 6.61 Å². The highest BCUT2D eigenvalue weighted by Crippen LogP contribution is 2.36. The molecule has 2 aromatic carbocycles. The number of rotatable bonds is 4. The number of ether oxygens (including phenoxy) is 1. The van der Waals surface area contributed by atoms with E-state index in [1.54, 1.807) is 30.3 Å². The Morgan fingerprint density at radius 1 is 1.41 bits per heavy atom. The van der Waals surface area contributed by atoms with Crippen molar-refractivity contribution in [1.29, 1.82) is 5.26 Å². The monoisotopic (exact) mass is 361 g/mol. The van der Waals surface area contributed by atoms with E-state index in [1.807, 2.05) is 6.92 Å². The largest absolute Gasteiger partial charge is 0.503 e. The number of nitrogens with zero attached hydrogens (tertiary/aromatic N) is 1. The molecule has 0 aliphatic rings. The number of nitriles is 1. The zero-order valence-electron chi connectivity index (χ0n) is 11.8. The number of allylic oxidation sites excluding steroid dienone is 1. The van der Waals surface area contributed by atoms with Crippen LogP contribution < -0.4 is 4.74 Å². The lowest BCUT2D eigenvalue weighted by molar-refractivity contribution is 0.317. The second-order valence-corrected chi connectivity index (χ2v) is 5.32. The highest BCUT2D eigenvalue weighted by molar-refractivity contribution is 9.10.